The Morgan fingerprint density at radius 2 is 2.11 bits per heavy atom. The van der Waals surface area contributed by atoms with Crippen molar-refractivity contribution in [2.75, 3.05) is 11.1 Å². The number of carbonyl (C=O) groups is 1. The highest BCUT2D eigenvalue weighted by Crippen LogP contribution is 2.25. The van der Waals surface area contributed by atoms with Crippen LogP contribution in [0.15, 0.2) is 62.3 Å². The fourth-order valence-electron chi connectivity index (χ4n) is 2.39. The Kier molecular flexibility index (Phi) is 5.10. The summed E-state index contributed by atoms with van der Waals surface area (Å²) in [6, 6.07) is 12.9. The monoisotopic (exact) mass is 461 g/mol. The molecule has 1 amide bonds. The zero-order valence-corrected chi connectivity index (χ0v) is 16.9. The first-order chi connectivity index (χ1) is 13.1. The van der Waals surface area contributed by atoms with Crippen molar-refractivity contribution in [3.05, 3.63) is 62.7 Å². The molecule has 0 saturated heterocycles. The highest BCUT2D eigenvalue weighted by Gasteiger charge is 2.14. The Morgan fingerprint density at radius 1 is 1.30 bits per heavy atom. The summed E-state index contributed by atoms with van der Waals surface area (Å²) >= 11 is 6.10. The van der Waals surface area contributed by atoms with Crippen LogP contribution in [0.3, 0.4) is 0 Å². The predicted molar refractivity (Wildman–Crippen MR) is 110 cm³/mol. The Labute approximate surface area is 169 Å². The second-order valence-corrected chi connectivity index (χ2v) is 8.29. The molecule has 0 aliphatic carbocycles. The smallest absolute Gasteiger partial charge is 0.290 e. The first-order valence-corrected chi connectivity index (χ1v) is 10.5. The number of carbonyl (C=O) groups excluding carboxylic acids is 1. The summed E-state index contributed by atoms with van der Waals surface area (Å²) in [6.07, 6.45) is 0. The van der Waals surface area contributed by atoms with E-state index in [1.54, 1.807) is 17.4 Å². The molecule has 0 saturated carbocycles. The van der Waals surface area contributed by atoms with Crippen LogP contribution in [-0.2, 0) is 4.79 Å². The van der Waals surface area contributed by atoms with Crippen molar-refractivity contribution in [1.29, 1.82) is 0 Å². The van der Waals surface area contributed by atoms with E-state index >= 15 is 0 Å². The van der Waals surface area contributed by atoms with E-state index in [0.29, 0.717) is 22.1 Å². The van der Waals surface area contributed by atoms with E-state index in [4.69, 9.17) is 0 Å². The first-order valence-electron chi connectivity index (χ1n) is 7.81. The van der Waals surface area contributed by atoms with E-state index in [9.17, 15) is 9.59 Å². The van der Waals surface area contributed by atoms with E-state index in [-0.39, 0.29) is 17.2 Å². The summed E-state index contributed by atoms with van der Waals surface area (Å²) in [5, 5.41) is 16.2. The van der Waals surface area contributed by atoms with E-state index in [0.717, 1.165) is 9.35 Å². The molecule has 3 aromatic heterocycles. The van der Waals surface area contributed by atoms with Gasteiger partial charge in [-0.1, -0.05) is 33.8 Å². The van der Waals surface area contributed by atoms with Gasteiger partial charge >= 0.3 is 0 Å². The molecule has 136 valence electrons. The average molecular weight is 462 g/mol. The number of thioether (sulfide) groups is 1. The minimum absolute atomic E-state index is 0.137. The van der Waals surface area contributed by atoms with Crippen molar-refractivity contribution in [1.82, 2.24) is 19.8 Å². The molecule has 0 spiro atoms. The van der Waals surface area contributed by atoms with Gasteiger partial charge < -0.3 is 5.32 Å². The molecule has 0 fully saturated rings. The molecule has 27 heavy (non-hydrogen) atoms. The molecule has 2 N–H and O–H groups in total. The maximum Gasteiger partial charge on any atom is 0.290 e. The van der Waals surface area contributed by atoms with Crippen LogP contribution in [0.1, 0.15) is 0 Å². The van der Waals surface area contributed by atoms with E-state index in [1.165, 1.54) is 16.3 Å². The number of anilines is 1. The molecule has 10 heteroatoms. The number of aromatic amines is 1. The van der Waals surface area contributed by atoms with Gasteiger partial charge in [-0.2, -0.15) is 5.10 Å². The summed E-state index contributed by atoms with van der Waals surface area (Å²) in [6.45, 7) is 0. The lowest BCUT2D eigenvalue weighted by molar-refractivity contribution is -0.113. The third-order valence-electron chi connectivity index (χ3n) is 3.61. The maximum atomic E-state index is 12.2. The second kappa shape index (κ2) is 7.67. The summed E-state index contributed by atoms with van der Waals surface area (Å²) in [5.74, 6) is -0.0348. The van der Waals surface area contributed by atoms with Crippen LogP contribution < -0.4 is 10.9 Å². The number of fused-ring (bicyclic) bond motifs is 1. The van der Waals surface area contributed by atoms with Crippen molar-refractivity contribution >= 4 is 56.1 Å². The lowest BCUT2D eigenvalue weighted by atomic mass is 10.3. The number of benzene rings is 1. The number of H-pyrrole nitrogens is 1. The van der Waals surface area contributed by atoms with Crippen molar-refractivity contribution in [2.45, 2.75) is 5.16 Å². The van der Waals surface area contributed by atoms with Gasteiger partial charge in [-0.25, -0.2) is 9.61 Å². The van der Waals surface area contributed by atoms with Crippen LogP contribution in [0.4, 0.5) is 5.69 Å². The van der Waals surface area contributed by atoms with Crippen molar-refractivity contribution in [3.63, 3.8) is 0 Å². The fraction of sp³-hybridized carbons (Fsp3) is 0.0588. The molecule has 4 aromatic rings. The van der Waals surface area contributed by atoms with E-state index in [1.807, 2.05) is 41.8 Å². The first kappa shape index (κ1) is 18.0. The Hall–Kier alpha value is -2.43. The van der Waals surface area contributed by atoms with Crippen molar-refractivity contribution in [2.24, 2.45) is 0 Å². The summed E-state index contributed by atoms with van der Waals surface area (Å²) in [5.41, 5.74) is 1.48. The molecule has 3 heterocycles. The molecule has 7 nitrogen and oxygen atoms in total. The summed E-state index contributed by atoms with van der Waals surface area (Å²) in [4.78, 5) is 25.2. The second-order valence-electron chi connectivity index (χ2n) is 5.48. The Bertz CT molecular complexity index is 1150. The molecule has 0 aliphatic rings. The quantitative estimate of drug-likeness (QED) is 0.442. The minimum Gasteiger partial charge on any atom is -0.325 e. The number of amides is 1. The lowest BCUT2D eigenvalue weighted by Crippen LogP contribution is -2.17. The molecule has 1 aromatic carbocycles. The molecular weight excluding hydrogens is 450 g/mol. The number of hydrogen-bond donors (Lipinski definition) is 2. The number of rotatable bonds is 5. The number of nitrogens with zero attached hydrogens (tertiary/aromatic N) is 3. The van der Waals surface area contributed by atoms with E-state index in [2.05, 4.69) is 36.5 Å². The zero-order valence-electron chi connectivity index (χ0n) is 13.7. The third kappa shape index (κ3) is 3.97. The van der Waals surface area contributed by atoms with Gasteiger partial charge in [0.25, 0.3) is 5.56 Å². The topological polar surface area (TPSA) is 92.2 Å². The highest BCUT2D eigenvalue weighted by molar-refractivity contribution is 9.10. The van der Waals surface area contributed by atoms with Crippen LogP contribution in [0, 0.1) is 0 Å². The molecule has 4 rings (SSSR count). The van der Waals surface area contributed by atoms with Gasteiger partial charge in [0.2, 0.25) is 11.1 Å². The minimum atomic E-state index is -0.325. The number of aromatic nitrogens is 4. The third-order valence-corrected chi connectivity index (χ3v) is 5.96. The maximum absolute atomic E-state index is 12.2. The normalized spacial score (nSPS) is 11.0. The SMILES string of the molecule is O=C(CSc1n[nH]c(=O)c2cc(-c3cccs3)nn12)Nc1ccc(Br)cc1. The van der Waals surface area contributed by atoms with Gasteiger partial charge in [0.1, 0.15) is 11.2 Å². The van der Waals surface area contributed by atoms with Crippen molar-refractivity contribution in [3.8, 4) is 10.6 Å². The predicted octanol–water partition coefficient (Wildman–Crippen LogP) is 3.64. The fourth-order valence-corrected chi connectivity index (χ4v) is 4.04. The number of hydrogen-bond acceptors (Lipinski definition) is 6. The van der Waals surface area contributed by atoms with Gasteiger partial charge in [0, 0.05) is 10.2 Å². The van der Waals surface area contributed by atoms with Crippen molar-refractivity contribution < 1.29 is 4.79 Å². The summed E-state index contributed by atoms with van der Waals surface area (Å²) in [7, 11) is 0. The van der Waals surface area contributed by atoms with Gasteiger partial charge in [0.15, 0.2) is 0 Å². The van der Waals surface area contributed by atoms with Gasteiger partial charge in [-0.15, -0.1) is 16.4 Å². The molecule has 0 aliphatic heterocycles. The van der Waals surface area contributed by atoms with Gasteiger partial charge in [-0.05, 0) is 41.8 Å². The van der Waals surface area contributed by atoms with Crippen LogP contribution in [0.25, 0.3) is 16.1 Å². The highest BCUT2D eigenvalue weighted by atomic mass is 79.9. The lowest BCUT2D eigenvalue weighted by Gasteiger charge is -2.05. The standard InChI is InChI=1S/C17H12BrN5O2S2/c18-10-3-5-11(6-4-10)19-15(24)9-27-17-21-20-16(25)13-8-12(22-23(13)17)14-2-1-7-26-14/h1-8H,9H2,(H,19,24)(H,20,25). The molecule has 0 bridgehead atoms. The summed E-state index contributed by atoms with van der Waals surface area (Å²) < 4.78 is 2.42. The zero-order chi connectivity index (χ0) is 18.8. The number of nitrogens with one attached hydrogen (secondary N) is 2. The molecule has 0 radical (unpaired) electrons. The molecule has 0 unspecified atom stereocenters. The average Bonchev–Trinajstić information content (AvgIpc) is 3.33. The number of thiophene rings is 1. The Morgan fingerprint density at radius 3 is 2.85 bits per heavy atom. The van der Waals surface area contributed by atoms with Crippen LogP contribution in [-0.4, -0.2) is 31.5 Å². The molecule has 0 atom stereocenters. The van der Waals surface area contributed by atoms with E-state index < -0.39 is 0 Å². The van der Waals surface area contributed by atoms with Crippen LogP contribution >= 0.6 is 39.0 Å². The largest absolute Gasteiger partial charge is 0.325 e. The van der Waals surface area contributed by atoms with Gasteiger partial charge in [-0.3, -0.25) is 9.59 Å². The number of halogens is 1. The van der Waals surface area contributed by atoms with Gasteiger partial charge in [0.05, 0.1) is 10.6 Å². The molecular formula is C17H12BrN5O2S2. The Balaban J connectivity index is 1.53. The van der Waals surface area contributed by atoms with Crippen LogP contribution in [0.5, 0.6) is 0 Å². The van der Waals surface area contributed by atoms with Crippen LogP contribution in [0.2, 0.25) is 0 Å².